The van der Waals surface area contributed by atoms with E-state index in [1.54, 1.807) is 6.07 Å². The summed E-state index contributed by atoms with van der Waals surface area (Å²) in [6.07, 6.45) is 0.641. The SMILES string of the molecule is CCCc1cc(C(O)O)ccc1N(CC)CC. The van der Waals surface area contributed by atoms with Crippen LogP contribution in [0, 0.1) is 0 Å². The third kappa shape index (κ3) is 3.45. The van der Waals surface area contributed by atoms with Crippen LogP contribution >= 0.6 is 0 Å². The van der Waals surface area contributed by atoms with Gasteiger partial charge in [0, 0.05) is 24.3 Å². The van der Waals surface area contributed by atoms with E-state index in [9.17, 15) is 10.2 Å². The molecule has 1 rings (SSSR count). The first-order valence-corrected chi connectivity index (χ1v) is 6.37. The molecule has 0 aliphatic heterocycles. The summed E-state index contributed by atoms with van der Waals surface area (Å²) in [6.45, 7) is 8.33. The number of hydrogen-bond acceptors (Lipinski definition) is 3. The first-order chi connectivity index (χ1) is 8.13. The van der Waals surface area contributed by atoms with Crippen LogP contribution in [0.25, 0.3) is 0 Å². The molecule has 0 unspecified atom stereocenters. The molecule has 0 saturated carbocycles. The Bertz CT molecular complexity index is 346. The molecule has 0 fully saturated rings. The van der Waals surface area contributed by atoms with Gasteiger partial charge in [0.05, 0.1) is 0 Å². The smallest absolute Gasteiger partial charge is 0.178 e. The van der Waals surface area contributed by atoms with Crippen molar-refractivity contribution in [3.05, 3.63) is 29.3 Å². The molecule has 0 radical (unpaired) electrons. The van der Waals surface area contributed by atoms with Crippen molar-refractivity contribution in [1.29, 1.82) is 0 Å². The van der Waals surface area contributed by atoms with Gasteiger partial charge in [-0.25, -0.2) is 0 Å². The number of anilines is 1. The van der Waals surface area contributed by atoms with Crippen molar-refractivity contribution >= 4 is 5.69 Å². The zero-order chi connectivity index (χ0) is 12.8. The number of aliphatic hydroxyl groups is 2. The van der Waals surface area contributed by atoms with Crippen LogP contribution in [-0.2, 0) is 6.42 Å². The Hall–Kier alpha value is -1.06. The quantitative estimate of drug-likeness (QED) is 0.747. The molecule has 96 valence electrons. The number of hydrogen-bond donors (Lipinski definition) is 2. The molecule has 0 aliphatic carbocycles. The Kier molecular flexibility index (Phi) is 5.45. The van der Waals surface area contributed by atoms with E-state index in [2.05, 4.69) is 25.7 Å². The van der Waals surface area contributed by atoms with Gasteiger partial charge in [-0.3, -0.25) is 0 Å². The summed E-state index contributed by atoms with van der Waals surface area (Å²) < 4.78 is 0. The standard InChI is InChI=1S/C14H23NO2/c1-4-7-11-10-12(14(16)17)8-9-13(11)15(5-2)6-3/h8-10,14,16-17H,4-7H2,1-3H3. The molecule has 0 aliphatic rings. The van der Waals surface area contributed by atoms with E-state index in [0.29, 0.717) is 5.56 Å². The van der Waals surface area contributed by atoms with Crippen molar-refractivity contribution in [3.8, 4) is 0 Å². The molecule has 3 heteroatoms. The molecule has 17 heavy (non-hydrogen) atoms. The van der Waals surface area contributed by atoms with Crippen LogP contribution < -0.4 is 4.90 Å². The van der Waals surface area contributed by atoms with E-state index in [1.165, 1.54) is 11.3 Å². The third-order valence-electron chi connectivity index (χ3n) is 3.03. The monoisotopic (exact) mass is 237 g/mol. The fourth-order valence-corrected chi connectivity index (χ4v) is 2.11. The second-order valence-electron chi connectivity index (χ2n) is 4.18. The van der Waals surface area contributed by atoms with Crippen molar-refractivity contribution in [1.82, 2.24) is 0 Å². The minimum Gasteiger partial charge on any atom is -0.372 e. The molecule has 0 spiro atoms. The molecule has 3 nitrogen and oxygen atoms in total. The maximum atomic E-state index is 9.20. The molecule has 2 N–H and O–H groups in total. The molecule has 1 aromatic carbocycles. The molecule has 0 amide bonds. The highest BCUT2D eigenvalue weighted by molar-refractivity contribution is 5.55. The van der Waals surface area contributed by atoms with Gasteiger partial charge in [-0.2, -0.15) is 0 Å². The predicted molar refractivity (Wildman–Crippen MR) is 71.2 cm³/mol. The van der Waals surface area contributed by atoms with Gasteiger partial charge >= 0.3 is 0 Å². The average molecular weight is 237 g/mol. The van der Waals surface area contributed by atoms with Crippen molar-refractivity contribution in [2.45, 2.75) is 39.9 Å². The van der Waals surface area contributed by atoms with Crippen molar-refractivity contribution in [2.75, 3.05) is 18.0 Å². The molecule has 0 bridgehead atoms. The Morgan fingerprint density at radius 2 is 1.76 bits per heavy atom. The zero-order valence-corrected chi connectivity index (χ0v) is 11.0. The summed E-state index contributed by atoms with van der Waals surface area (Å²) in [5.41, 5.74) is 2.98. The Balaban J connectivity index is 3.11. The van der Waals surface area contributed by atoms with E-state index in [1.807, 2.05) is 12.1 Å². The highest BCUT2D eigenvalue weighted by Gasteiger charge is 2.11. The maximum Gasteiger partial charge on any atom is 0.178 e. The topological polar surface area (TPSA) is 43.7 Å². The number of aryl methyl sites for hydroxylation is 1. The minimum absolute atomic E-state index is 0.573. The van der Waals surface area contributed by atoms with E-state index in [0.717, 1.165) is 25.9 Å². The Morgan fingerprint density at radius 3 is 2.24 bits per heavy atom. The lowest BCUT2D eigenvalue weighted by molar-refractivity contribution is -0.0425. The van der Waals surface area contributed by atoms with Gasteiger partial charge in [0.2, 0.25) is 0 Å². The molecule has 1 aromatic rings. The van der Waals surface area contributed by atoms with Gasteiger partial charge in [0.1, 0.15) is 0 Å². The molecular formula is C14H23NO2. The summed E-state index contributed by atoms with van der Waals surface area (Å²) in [6, 6.07) is 5.69. The minimum atomic E-state index is -1.38. The summed E-state index contributed by atoms with van der Waals surface area (Å²) in [7, 11) is 0. The van der Waals surface area contributed by atoms with Gasteiger partial charge in [0.25, 0.3) is 0 Å². The van der Waals surface area contributed by atoms with Gasteiger partial charge < -0.3 is 15.1 Å². The Labute approximate surface area is 104 Å². The average Bonchev–Trinajstić information content (AvgIpc) is 2.32. The van der Waals surface area contributed by atoms with Gasteiger partial charge in [-0.15, -0.1) is 0 Å². The van der Waals surface area contributed by atoms with Crippen LogP contribution in [0.2, 0.25) is 0 Å². The van der Waals surface area contributed by atoms with E-state index in [-0.39, 0.29) is 0 Å². The summed E-state index contributed by atoms with van der Waals surface area (Å²) in [4.78, 5) is 2.29. The second kappa shape index (κ2) is 6.62. The summed E-state index contributed by atoms with van der Waals surface area (Å²) in [5.74, 6) is 0. The lowest BCUT2D eigenvalue weighted by Gasteiger charge is -2.25. The van der Waals surface area contributed by atoms with Crippen LogP contribution in [0.4, 0.5) is 5.69 Å². The van der Waals surface area contributed by atoms with Gasteiger partial charge in [-0.1, -0.05) is 19.4 Å². The molecular weight excluding hydrogens is 214 g/mol. The first-order valence-electron chi connectivity index (χ1n) is 6.37. The third-order valence-corrected chi connectivity index (χ3v) is 3.03. The van der Waals surface area contributed by atoms with Crippen LogP contribution in [-0.4, -0.2) is 23.3 Å². The van der Waals surface area contributed by atoms with Crippen LogP contribution in [0.1, 0.15) is 44.6 Å². The van der Waals surface area contributed by atoms with Gasteiger partial charge in [-0.05, 0) is 38.0 Å². The number of benzene rings is 1. The summed E-state index contributed by atoms with van der Waals surface area (Å²) in [5, 5.41) is 18.4. The van der Waals surface area contributed by atoms with Gasteiger partial charge in [0.15, 0.2) is 6.29 Å². The molecule has 0 atom stereocenters. The zero-order valence-electron chi connectivity index (χ0n) is 11.0. The van der Waals surface area contributed by atoms with Crippen LogP contribution in [0.5, 0.6) is 0 Å². The predicted octanol–water partition coefficient (Wildman–Crippen LogP) is 2.47. The lowest BCUT2D eigenvalue weighted by Crippen LogP contribution is -2.23. The fourth-order valence-electron chi connectivity index (χ4n) is 2.11. The number of rotatable bonds is 6. The first kappa shape index (κ1) is 14.0. The van der Waals surface area contributed by atoms with E-state index < -0.39 is 6.29 Å². The largest absolute Gasteiger partial charge is 0.372 e. The molecule has 0 saturated heterocycles. The fraction of sp³-hybridized carbons (Fsp3) is 0.571. The molecule has 0 heterocycles. The maximum absolute atomic E-state index is 9.20. The summed E-state index contributed by atoms with van der Waals surface area (Å²) >= 11 is 0. The normalized spacial score (nSPS) is 10.9. The van der Waals surface area contributed by atoms with Crippen molar-refractivity contribution in [3.63, 3.8) is 0 Å². The lowest BCUT2D eigenvalue weighted by atomic mass is 10.0. The number of aliphatic hydroxyl groups excluding tert-OH is 1. The van der Waals surface area contributed by atoms with Crippen molar-refractivity contribution in [2.24, 2.45) is 0 Å². The second-order valence-corrected chi connectivity index (χ2v) is 4.18. The van der Waals surface area contributed by atoms with Crippen LogP contribution in [0.15, 0.2) is 18.2 Å². The highest BCUT2D eigenvalue weighted by atomic mass is 16.5. The highest BCUT2D eigenvalue weighted by Crippen LogP contribution is 2.25. The van der Waals surface area contributed by atoms with Crippen molar-refractivity contribution < 1.29 is 10.2 Å². The van der Waals surface area contributed by atoms with E-state index >= 15 is 0 Å². The Morgan fingerprint density at radius 1 is 1.12 bits per heavy atom. The van der Waals surface area contributed by atoms with Crippen LogP contribution in [0.3, 0.4) is 0 Å². The number of nitrogens with zero attached hydrogens (tertiary/aromatic N) is 1. The molecule has 0 aromatic heterocycles. The van der Waals surface area contributed by atoms with E-state index in [4.69, 9.17) is 0 Å².